The summed E-state index contributed by atoms with van der Waals surface area (Å²) in [6.07, 6.45) is -0.442. The monoisotopic (exact) mass is 213 g/mol. The van der Waals surface area contributed by atoms with Crippen molar-refractivity contribution in [2.75, 3.05) is 18.1 Å². The molecule has 2 rings (SSSR count). The predicted molar refractivity (Wildman–Crippen MR) is 51.8 cm³/mol. The van der Waals surface area contributed by atoms with Crippen molar-refractivity contribution in [2.24, 2.45) is 0 Å². The van der Waals surface area contributed by atoms with Crippen LogP contribution in [-0.2, 0) is 4.74 Å². The van der Waals surface area contributed by atoms with Crippen LogP contribution in [0.4, 0.5) is 10.5 Å². The van der Waals surface area contributed by atoms with Crippen molar-refractivity contribution in [2.45, 2.75) is 0 Å². The third kappa shape index (κ3) is 1.48. The Kier molecular flexibility index (Phi) is 2.21. The molecule has 0 spiro atoms. The Bertz CT molecular complexity index is 380. The summed E-state index contributed by atoms with van der Waals surface area (Å²) in [5.41, 5.74) is 0.428. The molecular weight excluding hydrogens is 206 g/mol. The van der Waals surface area contributed by atoms with Gasteiger partial charge < -0.3 is 9.84 Å². The fourth-order valence-electron chi connectivity index (χ4n) is 1.34. The molecule has 0 atom stereocenters. The lowest BCUT2D eigenvalue weighted by molar-refractivity contribution is 0.181. The Morgan fingerprint density at radius 2 is 2.29 bits per heavy atom. The Labute approximate surface area is 85.7 Å². The average molecular weight is 214 g/mol. The number of amides is 1. The Hall–Kier alpha value is -1.42. The van der Waals surface area contributed by atoms with Gasteiger partial charge in [0, 0.05) is 11.1 Å². The van der Waals surface area contributed by atoms with Gasteiger partial charge in [0.05, 0.1) is 12.2 Å². The number of cyclic esters (lactones) is 1. The first-order chi connectivity index (χ1) is 6.68. The van der Waals surface area contributed by atoms with Crippen LogP contribution in [0.2, 0.25) is 5.02 Å². The van der Waals surface area contributed by atoms with Crippen molar-refractivity contribution >= 4 is 23.4 Å². The summed E-state index contributed by atoms with van der Waals surface area (Å²) < 4.78 is 4.75. The minimum absolute atomic E-state index is 0.0173. The number of benzene rings is 1. The SMILES string of the molecule is O=C1OCCN1c1ccc(Cl)cc1O. The van der Waals surface area contributed by atoms with Gasteiger partial charge in [0.2, 0.25) is 0 Å². The second kappa shape index (κ2) is 3.38. The number of aromatic hydroxyl groups is 1. The maximum Gasteiger partial charge on any atom is 0.414 e. The van der Waals surface area contributed by atoms with E-state index in [1.165, 1.54) is 11.0 Å². The highest BCUT2D eigenvalue weighted by Crippen LogP contribution is 2.31. The number of phenols is 1. The second-order valence-electron chi connectivity index (χ2n) is 2.90. The van der Waals surface area contributed by atoms with Gasteiger partial charge in [-0.1, -0.05) is 11.6 Å². The van der Waals surface area contributed by atoms with Crippen LogP contribution in [0.25, 0.3) is 0 Å². The number of carbonyl (C=O) groups excluding carboxylic acids is 1. The maximum atomic E-state index is 11.2. The van der Waals surface area contributed by atoms with Gasteiger partial charge in [-0.3, -0.25) is 4.90 Å². The quantitative estimate of drug-likeness (QED) is 0.776. The van der Waals surface area contributed by atoms with Crippen molar-refractivity contribution < 1.29 is 14.6 Å². The second-order valence-corrected chi connectivity index (χ2v) is 3.34. The molecular formula is C9H8ClNO3. The van der Waals surface area contributed by atoms with Gasteiger partial charge in [-0.2, -0.15) is 0 Å². The molecule has 1 saturated heterocycles. The lowest BCUT2D eigenvalue weighted by Crippen LogP contribution is -2.23. The number of rotatable bonds is 1. The van der Waals surface area contributed by atoms with E-state index < -0.39 is 6.09 Å². The Balaban J connectivity index is 2.36. The Morgan fingerprint density at radius 3 is 2.86 bits per heavy atom. The molecule has 1 aliphatic rings. The molecule has 1 aromatic carbocycles. The van der Waals surface area contributed by atoms with Crippen LogP contribution in [0.5, 0.6) is 5.75 Å². The van der Waals surface area contributed by atoms with Crippen molar-refractivity contribution in [3.05, 3.63) is 23.2 Å². The predicted octanol–water partition coefficient (Wildman–Crippen LogP) is 2.00. The molecule has 1 N–H and O–H groups in total. The fraction of sp³-hybridized carbons (Fsp3) is 0.222. The molecule has 1 heterocycles. The maximum absolute atomic E-state index is 11.2. The normalized spacial score (nSPS) is 15.8. The number of anilines is 1. The van der Waals surface area contributed by atoms with Gasteiger partial charge in [0.1, 0.15) is 12.4 Å². The summed E-state index contributed by atoms with van der Waals surface area (Å²) in [7, 11) is 0. The summed E-state index contributed by atoms with van der Waals surface area (Å²) in [6.45, 7) is 0.801. The van der Waals surface area contributed by atoms with E-state index in [-0.39, 0.29) is 5.75 Å². The number of ether oxygens (including phenoxy) is 1. The van der Waals surface area contributed by atoms with E-state index in [1.54, 1.807) is 12.1 Å². The molecule has 0 unspecified atom stereocenters. The number of halogens is 1. The van der Waals surface area contributed by atoms with Gasteiger partial charge in [-0.25, -0.2) is 4.79 Å². The fourth-order valence-corrected chi connectivity index (χ4v) is 1.50. The Morgan fingerprint density at radius 1 is 1.50 bits per heavy atom. The van der Waals surface area contributed by atoms with E-state index in [9.17, 15) is 9.90 Å². The van der Waals surface area contributed by atoms with Crippen LogP contribution in [0.1, 0.15) is 0 Å². The molecule has 1 aliphatic heterocycles. The minimum Gasteiger partial charge on any atom is -0.506 e. The van der Waals surface area contributed by atoms with Crippen molar-refractivity contribution in [3.8, 4) is 5.75 Å². The van der Waals surface area contributed by atoms with Crippen molar-refractivity contribution in [1.82, 2.24) is 0 Å². The zero-order valence-electron chi connectivity index (χ0n) is 7.24. The molecule has 0 aromatic heterocycles. The van der Waals surface area contributed by atoms with E-state index in [0.717, 1.165) is 0 Å². The number of hydrogen-bond acceptors (Lipinski definition) is 3. The van der Waals surface area contributed by atoms with Crippen LogP contribution in [0.3, 0.4) is 0 Å². The number of carbonyl (C=O) groups is 1. The van der Waals surface area contributed by atoms with Crippen molar-refractivity contribution in [1.29, 1.82) is 0 Å². The van der Waals surface area contributed by atoms with Crippen LogP contribution in [-0.4, -0.2) is 24.4 Å². The molecule has 1 aromatic rings. The van der Waals surface area contributed by atoms with Crippen LogP contribution in [0.15, 0.2) is 18.2 Å². The molecule has 14 heavy (non-hydrogen) atoms. The summed E-state index contributed by atoms with van der Waals surface area (Å²) in [5.74, 6) is -0.0173. The highest BCUT2D eigenvalue weighted by molar-refractivity contribution is 6.30. The summed E-state index contributed by atoms with van der Waals surface area (Å²) in [6, 6.07) is 4.59. The van der Waals surface area contributed by atoms with E-state index in [2.05, 4.69) is 0 Å². The highest BCUT2D eigenvalue weighted by Gasteiger charge is 2.25. The van der Waals surface area contributed by atoms with Crippen LogP contribution < -0.4 is 4.90 Å². The number of nitrogens with zero attached hydrogens (tertiary/aromatic N) is 1. The summed E-state index contributed by atoms with van der Waals surface area (Å²) >= 11 is 5.67. The van der Waals surface area contributed by atoms with Crippen LogP contribution in [0, 0.1) is 0 Å². The molecule has 0 radical (unpaired) electrons. The van der Waals surface area contributed by atoms with Gasteiger partial charge in [-0.05, 0) is 12.1 Å². The van der Waals surface area contributed by atoms with Crippen LogP contribution >= 0.6 is 11.6 Å². The smallest absolute Gasteiger partial charge is 0.414 e. The lowest BCUT2D eigenvalue weighted by Gasteiger charge is -2.13. The number of phenolic OH excluding ortho intramolecular Hbond substituents is 1. The molecule has 74 valence electrons. The third-order valence-corrected chi connectivity index (χ3v) is 2.22. The zero-order valence-corrected chi connectivity index (χ0v) is 7.99. The number of hydrogen-bond donors (Lipinski definition) is 1. The van der Waals surface area contributed by atoms with E-state index in [1.807, 2.05) is 0 Å². The van der Waals surface area contributed by atoms with Gasteiger partial charge >= 0.3 is 6.09 Å². The molecule has 0 bridgehead atoms. The first-order valence-corrected chi connectivity index (χ1v) is 4.49. The van der Waals surface area contributed by atoms with Gasteiger partial charge in [-0.15, -0.1) is 0 Å². The molecule has 0 aliphatic carbocycles. The average Bonchev–Trinajstić information content (AvgIpc) is 2.52. The summed E-state index contributed by atoms with van der Waals surface area (Å²) in [5, 5.41) is 9.97. The minimum atomic E-state index is -0.442. The topological polar surface area (TPSA) is 49.8 Å². The van der Waals surface area contributed by atoms with E-state index >= 15 is 0 Å². The molecule has 4 nitrogen and oxygen atoms in total. The van der Waals surface area contributed by atoms with Gasteiger partial charge in [0.25, 0.3) is 0 Å². The lowest BCUT2D eigenvalue weighted by atomic mass is 10.2. The largest absolute Gasteiger partial charge is 0.506 e. The molecule has 5 heteroatoms. The molecule has 1 amide bonds. The standard InChI is InChI=1S/C9H8ClNO3/c10-6-1-2-7(8(12)5-6)11-3-4-14-9(11)13/h1-2,5,12H,3-4H2. The molecule has 1 fully saturated rings. The summed E-state index contributed by atoms with van der Waals surface area (Å²) in [4.78, 5) is 12.5. The van der Waals surface area contributed by atoms with E-state index in [0.29, 0.717) is 23.9 Å². The zero-order chi connectivity index (χ0) is 10.1. The van der Waals surface area contributed by atoms with E-state index in [4.69, 9.17) is 16.3 Å². The third-order valence-electron chi connectivity index (χ3n) is 1.99. The highest BCUT2D eigenvalue weighted by atomic mass is 35.5. The first kappa shape index (κ1) is 9.15. The van der Waals surface area contributed by atoms with Gasteiger partial charge in [0.15, 0.2) is 0 Å². The van der Waals surface area contributed by atoms with Crippen molar-refractivity contribution in [3.63, 3.8) is 0 Å². The first-order valence-electron chi connectivity index (χ1n) is 4.11. The molecule has 0 saturated carbocycles.